The van der Waals surface area contributed by atoms with E-state index in [1.165, 1.54) is 0 Å². The van der Waals surface area contributed by atoms with Crippen molar-refractivity contribution in [2.24, 2.45) is 0 Å². The van der Waals surface area contributed by atoms with Crippen LogP contribution in [-0.4, -0.2) is 24.6 Å². The molecule has 5 heteroatoms. The summed E-state index contributed by atoms with van der Waals surface area (Å²) in [5.41, 5.74) is 1.27. The van der Waals surface area contributed by atoms with Gasteiger partial charge in [0, 0.05) is 11.1 Å². The van der Waals surface area contributed by atoms with E-state index in [0.29, 0.717) is 16.9 Å². The van der Waals surface area contributed by atoms with Crippen molar-refractivity contribution in [1.29, 1.82) is 0 Å². The van der Waals surface area contributed by atoms with Gasteiger partial charge in [0.25, 0.3) is 5.79 Å². The van der Waals surface area contributed by atoms with Gasteiger partial charge in [0.05, 0.1) is 0 Å². The largest absolute Gasteiger partial charge is 0.456 e. The van der Waals surface area contributed by atoms with Crippen molar-refractivity contribution in [3.05, 3.63) is 65.7 Å². The molecule has 0 amide bonds. The summed E-state index contributed by atoms with van der Waals surface area (Å²) in [7, 11) is -2.09. The van der Waals surface area contributed by atoms with Gasteiger partial charge in [-0.05, 0) is 25.7 Å². The first kappa shape index (κ1) is 16.2. The van der Waals surface area contributed by atoms with E-state index >= 15 is 0 Å². The van der Waals surface area contributed by atoms with Gasteiger partial charge >= 0.3 is 0 Å². The lowest BCUT2D eigenvalue weighted by molar-refractivity contribution is -0.240. The molecule has 1 heterocycles. The van der Waals surface area contributed by atoms with Gasteiger partial charge in [0.15, 0.2) is 14.4 Å². The van der Waals surface area contributed by atoms with Gasteiger partial charge in [-0.25, -0.2) is 0 Å². The molecule has 122 valence electrons. The fraction of sp³-hybridized carbons (Fsp3) is 0.333. The first-order chi connectivity index (χ1) is 10.8. The molecule has 2 aromatic carbocycles. The zero-order chi connectivity index (χ0) is 16.7. The van der Waals surface area contributed by atoms with E-state index in [9.17, 15) is 10.2 Å². The van der Waals surface area contributed by atoms with Crippen LogP contribution < -0.4 is 4.74 Å². The standard InChI is InChI=1S/C18H22O4Si/c1-23(2,3)22-18(13-9-5-4-6-10-13)17(20)16(19)14-11-7-8-12-15(14)21-18/h4-12,16-17,19-20H,1-3H3. The van der Waals surface area contributed by atoms with E-state index in [1.807, 2.05) is 62.1 Å². The second-order valence-corrected chi connectivity index (χ2v) is 11.2. The van der Waals surface area contributed by atoms with Crippen molar-refractivity contribution in [1.82, 2.24) is 0 Å². The van der Waals surface area contributed by atoms with Crippen molar-refractivity contribution >= 4 is 8.32 Å². The second-order valence-electron chi connectivity index (χ2n) is 6.78. The third-order valence-corrected chi connectivity index (χ3v) is 4.74. The smallest absolute Gasteiger partial charge is 0.257 e. The molecule has 0 aliphatic carbocycles. The van der Waals surface area contributed by atoms with Gasteiger partial charge in [-0.3, -0.25) is 0 Å². The fourth-order valence-electron chi connectivity index (χ4n) is 2.91. The Labute approximate surface area is 137 Å². The summed E-state index contributed by atoms with van der Waals surface area (Å²) in [6.07, 6.45) is -2.29. The molecule has 3 rings (SSSR count). The van der Waals surface area contributed by atoms with Crippen molar-refractivity contribution in [2.45, 2.75) is 37.6 Å². The van der Waals surface area contributed by atoms with Crippen LogP contribution in [0.15, 0.2) is 54.6 Å². The number of hydrogen-bond donors (Lipinski definition) is 2. The molecule has 0 spiro atoms. The van der Waals surface area contributed by atoms with Gasteiger partial charge in [-0.15, -0.1) is 0 Å². The third-order valence-electron chi connectivity index (χ3n) is 3.82. The number of benzene rings is 2. The SMILES string of the molecule is C[Si](C)(C)OC1(c2ccccc2)Oc2ccccc2C(O)C1O. The Balaban J connectivity index is 2.16. The van der Waals surface area contributed by atoms with Gasteiger partial charge in [-0.1, -0.05) is 48.5 Å². The molecule has 1 aliphatic heterocycles. The molecule has 0 radical (unpaired) electrons. The highest BCUT2D eigenvalue weighted by Crippen LogP contribution is 2.46. The molecule has 0 bridgehead atoms. The third kappa shape index (κ3) is 2.93. The van der Waals surface area contributed by atoms with Crippen molar-refractivity contribution in [2.75, 3.05) is 0 Å². The lowest BCUT2D eigenvalue weighted by atomic mass is 9.89. The molecule has 23 heavy (non-hydrogen) atoms. The van der Waals surface area contributed by atoms with Crippen LogP contribution >= 0.6 is 0 Å². The predicted octanol–water partition coefficient (Wildman–Crippen LogP) is 3.18. The van der Waals surface area contributed by atoms with E-state index in [4.69, 9.17) is 9.16 Å². The Bertz CT molecular complexity index is 683. The quantitative estimate of drug-likeness (QED) is 0.849. The fourth-order valence-corrected chi connectivity index (χ4v) is 4.10. The maximum Gasteiger partial charge on any atom is 0.257 e. The molecule has 0 aromatic heterocycles. The van der Waals surface area contributed by atoms with Crippen LogP contribution in [0, 0.1) is 0 Å². The molecule has 4 nitrogen and oxygen atoms in total. The first-order valence-corrected chi connectivity index (χ1v) is 11.1. The summed E-state index contributed by atoms with van der Waals surface area (Å²) in [5.74, 6) is -0.869. The monoisotopic (exact) mass is 330 g/mol. The van der Waals surface area contributed by atoms with Crippen LogP contribution in [0.2, 0.25) is 19.6 Å². The summed E-state index contributed by atoms with van der Waals surface area (Å²) in [6.45, 7) is 6.09. The van der Waals surface area contributed by atoms with E-state index in [0.717, 1.165) is 0 Å². The predicted molar refractivity (Wildman–Crippen MR) is 90.6 cm³/mol. The molecule has 0 saturated heterocycles. The minimum atomic E-state index is -2.09. The van der Waals surface area contributed by atoms with Gasteiger partial charge in [-0.2, -0.15) is 0 Å². The average molecular weight is 330 g/mol. The molecule has 0 fully saturated rings. The average Bonchev–Trinajstić information content (AvgIpc) is 2.52. The van der Waals surface area contributed by atoms with E-state index < -0.39 is 26.3 Å². The van der Waals surface area contributed by atoms with Gasteiger partial charge in [0.1, 0.15) is 11.9 Å². The minimum absolute atomic E-state index is 0.535. The first-order valence-electron chi connectivity index (χ1n) is 7.73. The maximum absolute atomic E-state index is 10.9. The molecule has 2 aromatic rings. The Morgan fingerprint density at radius 3 is 2.22 bits per heavy atom. The Morgan fingerprint density at radius 2 is 1.57 bits per heavy atom. The lowest BCUT2D eigenvalue weighted by Gasteiger charge is -2.47. The number of aliphatic hydroxyl groups is 2. The summed E-state index contributed by atoms with van der Waals surface area (Å²) in [6, 6.07) is 16.5. The van der Waals surface area contributed by atoms with E-state index in [2.05, 4.69) is 0 Å². The van der Waals surface area contributed by atoms with Crippen molar-refractivity contribution in [3.63, 3.8) is 0 Å². The molecule has 0 saturated carbocycles. The van der Waals surface area contributed by atoms with Crippen LogP contribution in [0.4, 0.5) is 0 Å². The molecule has 3 unspecified atom stereocenters. The van der Waals surface area contributed by atoms with Crippen molar-refractivity contribution < 1.29 is 19.4 Å². The number of hydrogen-bond acceptors (Lipinski definition) is 4. The van der Waals surface area contributed by atoms with Crippen molar-refractivity contribution in [3.8, 4) is 5.75 Å². The van der Waals surface area contributed by atoms with Crippen LogP contribution in [0.3, 0.4) is 0 Å². The van der Waals surface area contributed by atoms with E-state index in [-0.39, 0.29) is 0 Å². The second kappa shape index (κ2) is 5.76. The maximum atomic E-state index is 10.9. The summed E-state index contributed by atoms with van der Waals surface area (Å²) in [4.78, 5) is 0. The van der Waals surface area contributed by atoms with Crippen LogP contribution in [0.5, 0.6) is 5.75 Å². The van der Waals surface area contributed by atoms with Gasteiger partial charge in [0.2, 0.25) is 0 Å². The Hall–Kier alpha value is -1.66. The molecular formula is C18H22O4Si. The topological polar surface area (TPSA) is 58.9 Å². The molecule has 1 aliphatic rings. The Kier molecular flexibility index (Phi) is 4.06. The normalized spacial score (nSPS) is 27.2. The molecular weight excluding hydrogens is 308 g/mol. The Morgan fingerprint density at radius 1 is 0.957 bits per heavy atom. The number of rotatable bonds is 3. The highest BCUT2D eigenvalue weighted by molar-refractivity contribution is 6.69. The van der Waals surface area contributed by atoms with Crippen LogP contribution in [0.1, 0.15) is 17.2 Å². The molecule has 3 atom stereocenters. The van der Waals surface area contributed by atoms with E-state index in [1.54, 1.807) is 12.1 Å². The summed E-state index contributed by atoms with van der Waals surface area (Å²) in [5, 5.41) is 21.5. The zero-order valence-electron chi connectivity index (χ0n) is 13.6. The summed E-state index contributed by atoms with van der Waals surface area (Å²) >= 11 is 0. The number of para-hydroxylation sites is 1. The van der Waals surface area contributed by atoms with Gasteiger partial charge < -0.3 is 19.4 Å². The number of aliphatic hydroxyl groups excluding tert-OH is 2. The number of fused-ring (bicyclic) bond motifs is 1. The zero-order valence-corrected chi connectivity index (χ0v) is 14.6. The highest BCUT2D eigenvalue weighted by Gasteiger charge is 2.53. The highest BCUT2D eigenvalue weighted by atomic mass is 28.4. The van der Waals surface area contributed by atoms with Crippen LogP contribution in [-0.2, 0) is 10.2 Å². The summed E-state index contributed by atoms with van der Waals surface area (Å²) < 4.78 is 12.5. The number of ether oxygens (including phenoxy) is 1. The minimum Gasteiger partial charge on any atom is -0.456 e. The lowest BCUT2D eigenvalue weighted by Crippen LogP contribution is -2.56. The molecule has 2 N–H and O–H groups in total. The van der Waals surface area contributed by atoms with Crippen LogP contribution in [0.25, 0.3) is 0 Å².